The summed E-state index contributed by atoms with van der Waals surface area (Å²) in [5.74, 6) is 0.827. The van der Waals surface area contributed by atoms with Gasteiger partial charge in [0, 0.05) is 19.6 Å². The molecule has 1 aromatic heterocycles. The van der Waals surface area contributed by atoms with E-state index >= 15 is 0 Å². The van der Waals surface area contributed by atoms with E-state index in [4.69, 9.17) is 9.15 Å². The van der Waals surface area contributed by atoms with Gasteiger partial charge in [0.05, 0.1) is 6.26 Å². The number of likely N-dealkylation sites (N-methyl/N-ethyl adjacent to an activating group) is 1. The number of furan rings is 1. The number of nitrogens with zero attached hydrogens (tertiary/aromatic N) is 2. The molecule has 32 heavy (non-hydrogen) atoms. The van der Waals surface area contributed by atoms with Crippen LogP contribution in [0.5, 0.6) is 5.75 Å². The minimum absolute atomic E-state index is 0.0192. The smallest absolute Gasteiger partial charge is 0.290 e. The molecule has 4 rings (SSSR count). The second-order valence-corrected chi connectivity index (χ2v) is 7.90. The summed E-state index contributed by atoms with van der Waals surface area (Å²) < 4.78 is 11.1. The van der Waals surface area contributed by atoms with Gasteiger partial charge in [-0.2, -0.15) is 0 Å². The molecule has 0 spiro atoms. The lowest BCUT2D eigenvalue weighted by atomic mass is 10.1. The van der Waals surface area contributed by atoms with Crippen molar-refractivity contribution in [3.63, 3.8) is 0 Å². The van der Waals surface area contributed by atoms with Crippen LogP contribution in [0.4, 0.5) is 0 Å². The minimum atomic E-state index is -0.443. The van der Waals surface area contributed by atoms with Crippen molar-refractivity contribution in [1.29, 1.82) is 0 Å². The number of rotatable bonds is 8. The van der Waals surface area contributed by atoms with Crippen LogP contribution in [0.25, 0.3) is 0 Å². The Hall–Kier alpha value is -3.54. The number of hydrogen-bond acceptors (Lipinski definition) is 4. The Balaban J connectivity index is 1.37. The van der Waals surface area contributed by atoms with Gasteiger partial charge in [0.15, 0.2) is 5.76 Å². The fourth-order valence-electron chi connectivity index (χ4n) is 4.02. The van der Waals surface area contributed by atoms with E-state index in [0.717, 1.165) is 23.3 Å². The fourth-order valence-corrected chi connectivity index (χ4v) is 4.02. The molecule has 6 heteroatoms. The van der Waals surface area contributed by atoms with Crippen LogP contribution in [0.2, 0.25) is 0 Å². The van der Waals surface area contributed by atoms with E-state index < -0.39 is 6.04 Å². The van der Waals surface area contributed by atoms with Gasteiger partial charge in [-0.1, -0.05) is 42.5 Å². The van der Waals surface area contributed by atoms with Crippen LogP contribution in [-0.4, -0.2) is 40.7 Å². The van der Waals surface area contributed by atoms with Gasteiger partial charge in [0.25, 0.3) is 5.91 Å². The summed E-state index contributed by atoms with van der Waals surface area (Å²) in [4.78, 5) is 29.5. The van der Waals surface area contributed by atoms with Gasteiger partial charge in [-0.15, -0.1) is 0 Å². The average molecular weight is 433 g/mol. The number of carbonyl (C=O) groups is 2. The van der Waals surface area contributed by atoms with Crippen molar-refractivity contribution in [3.8, 4) is 5.75 Å². The topological polar surface area (TPSA) is 63.0 Å². The van der Waals surface area contributed by atoms with E-state index in [9.17, 15) is 9.59 Å². The Bertz CT molecular complexity index is 1020. The maximum absolute atomic E-state index is 13.3. The van der Waals surface area contributed by atoms with Crippen molar-refractivity contribution in [2.75, 3.05) is 13.1 Å². The lowest BCUT2D eigenvalue weighted by molar-refractivity contribution is -0.135. The first-order valence-electron chi connectivity index (χ1n) is 11.0. The van der Waals surface area contributed by atoms with Crippen molar-refractivity contribution < 1.29 is 18.7 Å². The summed E-state index contributed by atoms with van der Waals surface area (Å²) in [6, 6.07) is 20.7. The molecule has 1 saturated heterocycles. The molecule has 0 bridgehead atoms. The number of hydrogen-bond donors (Lipinski definition) is 0. The summed E-state index contributed by atoms with van der Waals surface area (Å²) >= 11 is 0. The molecule has 1 atom stereocenters. The summed E-state index contributed by atoms with van der Waals surface area (Å²) in [5.41, 5.74) is 2.14. The van der Waals surface area contributed by atoms with Crippen LogP contribution >= 0.6 is 0 Å². The molecule has 3 aromatic rings. The van der Waals surface area contributed by atoms with Gasteiger partial charge in [0.1, 0.15) is 18.4 Å². The summed E-state index contributed by atoms with van der Waals surface area (Å²) in [6.45, 7) is 4.11. The fraction of sp³-hybridized carbons (Fsp3) is 0.308. The second-order valence-electron chi connectivity index (χ2n) is 7.90. The van der Waals surface area contributed by atoms with Crippen LogP contribution in [0.15, 0.2) is 77.4 Å². The molecule has 1 aliphatic rings. The van der Waals surface area contributed by atoms with E-state index in [1.807, 2.05) is 61.5 Å². The highest BCUT2D eigenvalue weighted by atomic mass is 16.5. The largest absolute Gasteiger partial charge is 0.489 e. The van der Waals surface area contributed by atoms with E-state index in [1.54, 1.807) is 21.9 Å². The molecular weight excluding hydrogens is 404 g/mol. The Morgan fingerprint density at radius 1 is 1.03 bits per heavy atom. The standard InChI is InChI=1S/C26H28N2O4/c1-2-27(25(29)23-10-6-16-28(23)26(30)24-11-7-17-31-24)18-20-12-14-22(15-13-20)32-19-21-8-4-3-5-9-21/h3-5,7-9,11-15,17,23H,2,6,10,16,18-19H2,1H3. The Labute approximate surface area is 188 Å². The van der Waals surface area contributed by atoms with Crippen LogP contribution in [0.1, 0.15) is 41.4 Å². The Kier molecular flexibility index (Phi) is 6.90. The third kappa shape index (κ3) is 5.02. The van der Waals surface area contributed by atoms with Crippen LogP contribution in [-0.2, 0) is 17.9 Å². The highest BCUT2D eigenvalue weighted by Crippen LogP contribution is 2.23. The first kappa shape index (κ1) is 21.7. The maximum atomic E-state index is 13.3. The molecule has 6 nitrogen and oxygen atoms in total. The average Bonchev–Trinajstić information content (AvgIpc) is 3.54. The van der Waals surface area contributed by atoms with Crippen molar-refractivity contribution in [3.05, 3.63) is 89.9 Å². The van der Waals surface area contributed by atoms with Crippen molar-refractivity contribution in [1.82, 2.24) is 9.80 Å². The zero-order valence-electron chi connectivity index (χ0n) is 18.3. The molecule has 2 aromatic carbocycles. The number of amides is 2. The predicted octanol–water partition coefficient (Wildman–Crippen LogP) is 4.51. The molecular formula is C26H28N2O4. The molecule has 2 heterocycles. The first-order chi connectivity index (χ1) is 15.7. The zero-order valence-corrected chi connectivity index (χ0v) is 18.3. The number of likely N-dealkylation sites (tertiary alicyclic amines) is 1. The molecule has 0 N–H and O–H groups in total. The third-order valence-electron chi connectivity index (χ3n) is 5.77. The quantitative estimate of drug-likeness (QED) is 0.525. The summed E-state index contributed by atoms with van der Waals surface area (Å²) in [6.07, 6.45) is 2.97. The minimum Gasteiger partial charge on any atom is -0.489 e. The van der Waals surface area contributed by atoms with E-state index in [0.29, 0.717) is 32.7 Å². The van der Waals surface area contributed by atoms with E-state index in [2.05, 4.69) is 0 Å². The highest BCUT2D eigenvalue weighted by molar-refractivity contribution is 5.96. The SMILES string of the molecule is CCN(Cc1ccc(OCc2ccccc2)cc1)C(=O)C1CCCN1C(=O)c1ccco1. The normalized spacial score (nSPS) is 15.5. The molecule has 0 aliphatic carbocycles. The number of ether oxygens (including phenoxy) is 1. The molecule has 1 fully saturated rings. The zero-order chi connectivity index (χ0) is 22.3. The molecule has 0 radical (unpaired) electrons. The molecule has 1 unspecified atom stereocenters. The van der Waals surface area contributed by atoms with E-state index in [1.165, 1.54) is 6.26 Å². The van der Waals surface area contributed by atoms with Gasteiger partial charge in [0.2, 0.25) is 5.91 Å². The van der Waals surface area contributed by atoms with Crippen LogP contribution < -0.4 is 4.74 Å². The molecule has 2 amide bonds. The Morgan fingerprint density at radius 3 is 2.50 bits per heavy atom. The van der Waals surface area contributed by atoms with Crippen molar-refractivity contribution in [2.45, 2.75) is 39.0 Å². The lowest BCUT2D eigenvalue weighted by Crippen LogP contribution is -2.47. The molecule has 1 aliphatic heterocycles. The van der Waals surface area contributed by atoms with Crippen LogP contribution in [0.3, 0.4) is 0 Å². The third-order valence-corrected chi connectivity index (χ3v) is 5.77. The monoisotopic (exact) mass is 432 g/mol. The van der Waals surface area contributed by atoms with Gasteiger partial charge in [-0.25, -0.2) is 0 Å². The molecule has 0 saturated carbocycles. The van der Waals surface area contributed by atoms with Crippen molar-refractivity contribution >= 4 is 11.8 Å². The van der Waals surface area contributed by atoms with Gasteiger partial charge in [-0.05, 0) is 55.2 Å². The van der Waals surface area contributed by atoms with Gasteiger partial charge in [-0.3, -0.25) is 9.59 Å². The second kappa shape index (κ2) is 10.2. The lowest BCUT2D eigenvalue weighted by Gasteiger charge is -2.29. The maximum Gasteiger partial charge on any atom is 0.290 e. The van der Waals surface area contributed by atoms with Crippen molar-refractivity contribution in [2.24, 2.45) is 0 Å². The molecule has 166 valence electrons. The Morgan fingerprint density at radius 2 is 1.81 bits per heavy atom. The number of benzene rings is 2. The number of carbonyl (C=O) groups excluding carboxylic acids is 2. The first-order valence-corrected chi connectivity index (χ1v) is 11.0. The predicted molar refractivity (Wildman–Crippen MR) is 121 cm³/mol. The van der Waals surface area contributed by atoms with E-state index in [-0.39, 0.29) is 17.6 Å². The van der Waals surface area contributed by atoms with Gasteiger partial charge >= 0.3 is 0 Å². The van der Waals surface area contributed by atoms with Crippen LogP contribution in [0, 0.1) is 0 Å². The highest BCUT2D eigenvalue weighted by Gasteiger charge is 2.37. The summed E-state index contributed by atoms with van der Waals surface area (Å²) in [7, 11) is 0. The summed E-state index contributed by atoms with van der Waals surface area (Å²) in [5, 5.41) is 0. The van der Waals surface area contributed by atoms with Gasteiger partial charge < -0.3 is 19.0 Å².